The van der Waals surface area contributed by atoms with Crippen LogP contribution in [0.3, 0.4) is 0 Å². The molecule has 1 saturated heterocycles. The van der Waals surface area contributed by atoms with Gasteiger partial charge in [0.05, 0.1) is 12.2 Å². The second kappa shape index (κ2) is 8.93. The molecule has 0 saturated carbocycles. The first kappa shape index (κ1) is 21.1. The first-order valence-corrected chi connectivity index (χ1v) is 10.7. The summed E-state index contributed by atoms with van der Waals surface area (Å²) in [7, 11) is 0. The van der Waals surface area contributed by atoms with Crippen molar-refractivity contribution in [3.8, 4) is 11.5 Å². The minimum atomic E-state index is -0.00454. The third kappa shape index (κ3) is 4.34. The van der Waals surface area contributed by atoms with Crippen molar-refractivity contribution >= 4 is 11.6 Å². The maximum absolute atomic E-state index is 13.0. The molecule has 31 heavy (non-hydrogen) atoms. The zero-order chi connectivity index (χ0) is 22.0. The highest BCUT2D eigenvalue weighted by Crippen LogP contribution is 2.28. The average molecular weight is 422 g/mol. The predicted molar refractivity (Wildman–Crippen MR) is 115 cm³/mol. The summed E-state index contributed by atoms with van der Waals surface area (Å²) in [5, 5.41) is 4.06. The van der Waals surface area contributed by atoms with E-state index in [-0.39, 0.29) is 17.5 Å². The van der Waals surface area contributed by atoms with Crippen molar-refractivity contribution in [2.75, 3.05) is 19.6 Å². The zero-order valence-electron chi connectivity index (χ0n) is 18.1. The highest BCUT2D eigenvalue weighted by molar-refractivity contribution is 6.04. The van der Waals surface area contributed by atoms with E-state index >= 15 is 0 Å². The molecule has 0 radical (unpaired) electrons. The Bertz CT molecular complexity index is 1080. The predicted octanol–water partition coefficient (Wildman–Crippen LogP) is 3.60. The summed E-state index contributed by atoms with van der Waals surface area (Å²) in [4.78, 5) is 39.0. The number of aromatic amines is 1. The normalized spacial score (nSPS) is 15.3. The molecule has 1 fully saturated rings. The van der Waals surface area contributed by atoms with Crippen LogP contribution in [-0.2, 0) is 6.42 Å². The summed E-state index contributed by atoms with van der Waals surface area (Å²) in [6, 6.07) is 5.59. The molecule has 3 aromatic rings. The highest BCUT2D eigenvalue weighted by atomic mass is 16.5. The topological polar surface area (TPSA) is 105 Å². The first-order chi connectivity index (χ1) is 15.0. The monoisotopic (exact) mass is 421 g/mol. The molecule has 8 nitrogen and oxygen atoms in total. The molecule has 0 atom stereocenters. The summed E-state index contributed by atoms with van der Waals surface area (Å²) >= 11 is 0. The van der Waals surface area contributed by atoms with Crippen LogP contribution in [0.4, 0.5) is 0 Å². The number of carbonyl (C=O) groups is 2. The molecule has 0 unspecified atom stereocenters. The van der Waals surface area contributed by atoms with Gasteiger partial charge in [-0.25, -0.2) is 0 Å². The highest BCUT2D eigenvalue weighted by Gasteiger charge is 2.28. The number of rotatable bonds is 7. The Kier molecular flexibility index (Phi) is 6.08. The Balaban J connectivity index is 1.38. The molecule has 1 aliphatic rings. The third-order valence-corrected chi connectivity index (χ3v) is 5.92. The van der Waals surface area contributed by atoms with E-state index in [0.29, 0.717) is 41.6 Å². The van der Waals surface area contributed by atoms with Gasteiger partial charge in [-0.3, -0.25) is 19.5 Å². The Morgan fingerprint density at radius 1 is 1.26 bits per heavy atom. The summed E-state index contributed by atoms with van der Waals surface area (Å²) in [6.07, 6.45) is 4.05. The minimum Gasteiger partial charge on any atom is -0.355 e. The Labute approximate surface area is 181 Å². The molecule has 0 aromatic carbocycles. The van der Waals surface area contributed by atoms with Gasteiger partial charge in [0.15, 0.2) is 11.6 Å². The average Bonchev–Trinajstić information content (AvgIpc) is 3.39. The van der Waals surface area contributed by atoms with Gasteiger partial charge in [0.1, 0.15) is 5.69 Å². The largest absolute Gasteiger partial charge is 0.355 e. The molecule has 1 aliphatic heterocycles. The van der Waals surface area contributed by atoms with Gasteiger partial charge in [-0.1, -0.05) is 18.1 Å². The number of nitrogens with zero attached hydrogens (tertiary/aromatic N) is 4. The molecule has 3 aromatic heterocycles. The summed E-state index contributed by atoms with van der Waals surface area (Å²) < 4.78 is 5.49. The second-order valence-corrected chi connectivity index (χ2v) is 8.03. The lowest BCUT2D eigenvalue weighted by atomic mass is 9.96. The molecule has 8 heteroatoms. The van der Waals surface area contributed by atoms with Crippen LogP contribution in [0.5, 0.6) is 0 Å². The van der Waals surface area contributed by atoms with E-state index in [9.17, 15) is 9.59 Å². The van der Waals surface area contributed by atoms with Gasteiger partial charge in [0.2, 0.25) is 11.7 Å². The van der Waals surface area contributed by atoms with E-state index < -0.39 is 0 Å². The number of pyridine rings is 1. The number of ketones is 2. The number of nitrogens with one attached hydrogen (secondary N) is 1. The van der Waals surface area contributed by atoms with E-state index in [4.69, 9.17) is 4.52 Å². The summed E-state index contributed by atoms with van der Waals surface area (Å²) in [5.41, 5.74) is 3.52. The molecule has 1 N–H and O–H groups in total. The molecule has 0 aliphatic carbocycles. The zero-order valence-corrected chi connectivity index (χ0v) is 18.1. The van der Waals surface area contributed by atoms with E-state index in [1.807, 2.05) is 32.0 Å². The van der Waals surface area contributed by atoms with Crippen LogP contribution in [-0.4, -0.2) is 56.2 Å². The fourth-order valence-corrected chi connectivity index (χ4v) is 4.37. The maximum atomic E-state index is 13.0. The van der Waals surface area contributed by atoms with Crippen molar-refractivity contribution in [2.24, 2.45) is 0 Å². The maximum Gasteiger partial charge on any atom is 0.230 e. The van der Waals surface area contributed by atoms with Gasteiger partial charge in [-0.05, 0) is 63.9 Å². The van der Waals surface area contributed by atoms with E-state index in [1.54, 1.807) is 13.1 Å². The number of aryl methyl sites for hydroxylation is 1. The van der Waals surface area contributed by atoms with Crippen molar-refractivity contribution in [3.63, 3.8) is 0 Å². The van der Waals surface area contributed by atoms with Crippen molar-refractivity contribution in [1.29, 1.82) is 0 Å². The summed E-state index contributed by atoms with van der Waals surface area (Å²) in [5.74, 6) is 1.34. The number of likely N-dealkylation sites (tertiary alicyclic amines) is 1. The molecule has 162 valence electrons. The van der Waals surface area contributed by atoms with Crippen LogP contribution in [0, 0.1) is 6.92 Å². The molecular weight excluding hydrogens is 394 g/mol. The van der Waals surface area contributed by atoms with Crippen LogP contribution >= 0.6 is 0 Å². The Morgan fingerprint density at radius 3 is 2.68 bits per heavy atom. The lowest BCUT2D eigenvalue weighted by molar-refractivity contribution is 0.0899. The number of hydrogen-bond donors (Lipinski definition) is 1. The Hall–Kier alpha value is -3.13. The smallest absolute Gasteiger partial charge is 0.230 e. The van der Waals surface area contributed by atoms with Gasteiger partial charge >= 0.3 is 0 Å². The number of H-pyrrole nitrogens is 1. The summed E-state index contributed by atoms with van der Waals surface area (Å²) in [6.45, 7) is 7.25. The molecule has 4 rings (SSSR count). The number of Topliss-reactive ketones (excluding diaryl/α,β-unsaturated/α-hetero) is 2. The van der Waals surface area contributed by atoms with Gasteiger partial charge in [-0.2, -0.15) is 4.98 Å². The second-order valence-electron chi connectivity index (χ2n) is 8.03. The fourth-order valence-electron chi connectivity index (χ4n) is 4.37. The van der Waals surface area contributed by atoms with Gasteiger partial charge < -0.3 is 9.51 Å². The van der Waals surface area contributed by atoms with E-state index in [0.717, 1.165) is 37.2 Å². The number of hydrogen-bond acceptors (Lipinski definition) is 7. The lowest BCUT2D eigenvalue weighted by Gasteiger charge is -2.29. The molecular formula is C23H27N5O3. The number of piperidine rings is 1. The first-order valence-electron chi connectivity index (χ1n) is 10.7. The van der Waals surface area contributed by atoms with Crippen molar-refractivity contribution in [2.45, 2.75) is 46.0 Å². The number of aromatic nitrogens is 4. The van der Waals surface area contributed by atoms with E-state index in [1.165, 1.54) is 0 Å². The van der Waals surface area contributed by atoms with Crippen LogP contribution in [0.25, 0.3) is 11.5 Å². The SMILES string of the molecule is CCc1c(C(=O)CN2CCC(c3nc(-c4ccccn4)no3)CC2)[nH]c(C)c1C(C)=O. The van der Waals surface area contributed by atoms with Crippen LogP contribution < -0.4 is 0 Å². The standard InChI is InChI=1S/C23H27N5O3/c1-4-17-20(15(3)29)14(2)25-21(17)19(30)13-28-11-8-16(9-12-28)23-26-22(27-31-23)18-7-5-6-10-24-18/h5-7,10,16,25H,4,8-9,11-13H2,1-3H3. The fraction of sp³-hybridized carbons (Fsp3) is 0.435. The minimum absolute atomic E-state index is 0.00454. The number of carbonyl (C=O) groups excluding carboxylic acids is 2. The van der Waals surface area contributed by atoms with Crippen molar-refractivity contribution in [1.82, 2.24) is 25.0 Å². The lowest BCUT2D eigenvalue weighted by Crippen LogP contribution is -2.37. The molecule has 0 spiro atoms. The van der Waals surface area contributed by atoms with Crippen molar-refractivity contribution < 1.29 is 14.1 Å². The molecule has 0 amide bonds. The van der Waals surface area contributed by atoms with Crippen LogP contribution in [0.2, 0.25) is 0 Å². The van der Waals surface area contributed by atoms with Crippen LogP contribution in [0.15, 0.2) is 28.9 Å². The molecule has 0 bridgehead atoms. The van der Waals surface area contributed by atoms with Gasteiger partial charge in [0.25, 0.3) is 0 Å². The quantitative estimate of drug-likeness (QED) is 0.581. The van der Waals surface area contributed by atoms with Crippen molar-refractivity contribution in [3.05, 3.63) is 52.8 Å². The Morgan fingerprint density at radius 2 is 2.03 bits per heavy atom. The van der Waals surface area contributed by atoms with Crippen LogP contribution in [0.1, 0.15) is 70.6 Å². The molecule has 4 heterocycles. The van der Waals surface area contributed by atoms with Gasteiger partial charge in [0, 0.05) is 23.4 Å². The van der Waals surface area contributed by atoms with E-state index in [2.05, 4.69) is 25.0 Å². The third-order valence-electron chi connectivity index (χ3n) is 5.92. The van der Waals surface area contributed by atoms with Gasteiger partial charge in [-0.15, -0.1) is 0 Å².